The van der Waals surface area contributed by atoms with Crippen LogP contribution in [0.15, 0.2) is 0 Å². The minimum atomic E-state index is 0. The van der Waals surface area contributed by atoms with Crippen molar-refractivity contribution < 1.29 is 9.59 Å². The lowest BCUT2D eigenvalue weighted by Gasteiger charge is -2.15. The third kappa shape index (κ3) is 13.1. The normalized spacial score (nSPS) is 8.31. The smallest absolute Gasteiger partial charge is 0.222 e. The van der Waals surface area contributed by atoms with E-state index in [0.717, 1.165) is 12.8 Å². The molecule has 0 aromatic carbocycles. The molecule has 0 rings (SSSR count). The molecule has 3 heteroatoms. The predicted octanol–water partition coefficient (Wildman–Crippen LogP) is 3.28. The number of carbonyl (C=O) groups is 2. The molecule has 0 aromatic heterocycles. The lowest BCUT2D eigenvalue weighted by atomic mass is 10.2. The van der Waals surface area contributed by atoms with E-state index in [9.17, 15) is 9.59 Å². The molecule has 0 saturated heterocycles. The van der Waals surface area contributed by atoms with Crippen LogP contribution in [0.3, 0.4) is 0 Å². The first-order chi connectivity index (χ1) is 7.07. The second-order valence-electron chi connectivity index (χ2n) is 3.37. The highest BCUT2D eigenvalue weighted by atomic mass is 16.2. The summed E-state index contributed by atoms with van der Waals surface area (Å²) in [6.45, 7) is 8.26. The Labute approximate surface area is 101 Å². The van der Waals surface area contributed by atoms with Crippen molar-refractivity contribution >= 4 is 11.7 Å². The Hall–Kier alpha value is -0.860. The van der Waals surface area contributed by atoms with Gasteiger partial charge in [0.05, 0.1) is 0 Å². The van der Waals surface area contributed by atoms with Gasteiger partial charge in [0.25, 0.3) is 0 Å². The largest absolute Gasteiger partial charge is 0.346 e. The molecule has 0 aliphatic heterocycles. The Morgan fingerprint density at radius 3 is 2.00 bits per heavy atom. The van der Waals surface area contributed by atoms with Gasteiger partial charge in [-0.15, -0.1) is 0 Å². The summed E-state index contributed by atoms with van der Waals surface area (Å²) in [6.07, 6.45) is 2.84. The number of Topliss-reactive ketones (excluding diaryl/α,β-unsaturated/α-hetero) is 1. The molecule has 0 unspecified atom stereocenters. The Bertz CT molecular complexity index is 179. The van der Waals surface area contributed by atoms with Gasteiger partial charge in [0.2, 0.25) is 5.91 Å². The van der Waals surface area contributed by atoms with Crippen LogP contribution in [0.4, 0.5) is 0 Å². The van der Waals surface area contributed by atoms with Gasteiger partial charge in [-0.05, 0) is 19.8 Å². The maximum atomic E-state index is 11.3. The van der Waals surface area contributed by atoms with Crippen LogP contribution in [0.2, 0.25) is 0 Å². The van der Waals surface area contributed by atoms with E-state index >= 15 is 0 Å². The van der Waals surface area contributed by atoms with Gasteiger partial charge in [-0.3, -0.25) is 4.79 Å². The van der Waals surface area contributed by atoms with Gasteiger partial charge in [0.1, 0.15) is 5.78 Å². The van der Waals surface area contributed by atoms with Crippen LogP contribution < -0.4 is 0 Å². The molecule has 0 aromatic rings. The Morgan fingerprint density at radius 2 is 1.62 bits per heavy atom. The third-order valence-electron chi connectivity index (χ3n) is 1.91. The number of ketones is 1. The van der Waals surface area contributed by atoms with Crippen LogP contribution in [-0.4, -0.2) is 30.2 Å². The van der Waals surface area contributed by atoms with E-state index in [1.54, 1.807) is 18.9 Å². The predicted molar refractivity (Wildman–Crippen MR) is 70.5 cm³/mol. The van der Waals surface area contributed by atoms with Crippen molar-refractivity contribution in [2.45, 2.75) is 60.8 Å². The Kier molecular flexibility index (Phi) is 18.2. The molecule has 0 aliphatic carbocycles. The van der Waals surface area contributed by atoms with Gasteiger partial charge in [-0.1, -0.05) is 28.2 Å². The van der Waals surface area contributed by atoms with Gasteiger partial charge in [-0.2, -0.15) is 0 Å². The van der Waals surface area contributed by atoms with Crippen LogP contribution >= 0.6 is 0 Å². The monoisotopic (exact) mass is 231 g/mol. The number of amides is 1. The third-order valence-corrected chi connectivity index (χ3v) is 1.91. The Morgan fingerprint density at radius 1 is 1.12 bits per heavy atom. The summed E-state index contributed by atoms with van der Waals surface area (Å²) in [5.74, 6) is 0.363. The fraction of sp³-hybridized carbons (Fsp3) is 0.846. The van der Waals surface area contributed by atoms with Crippen LogP contribution in [0, 0.1) is 0 Å². The van der Waals surface area contributed by atoms with Crippen molar-refractivity contribution in [1.29, 1.82) is 0 Å². The summed E-state index contributed by atoms with van der Waals surface area (Å²) in [6, 6.07) is 0. The second-order valence-corrected chi connectivity index (χ2v) is 3.37. The second kappa shape index (κ2) is 14.1. The maximum Gasteiger partial charge on any atom is 0.222 e. The number of hydrogen-bond donors (Lipinski definition) is 0. The van der Waals surface area contributed by atoms with E-state index in [4.69, 9.17) is 0 Å². The van der Waals surface area contributed by atoms with E-state index in [1.807, 2.05) is 20.8 Å². The topological polar surface area (TPSA) is 37.4 Å². The quantitative estimate of drug-likeness (QED) is 0.703. The zero-order chi connectivity index (χ0) is 12.3. The highest BCUT2D eigenvalue weighted by Gasteiger charge is 2.06. The standard InChI is InChI=1S/C10H19NO2.C2H6.CH4/c1-4-6-10(13)11(3)8-5-7-9(2)12;1-2;/h4-8H2,1-3H3;1-2H3;1H4. The molecule has 0 saturated carbocycles. The average molecular weight is 231 g/mol. The summed E-state index contributed by atoms with van der Waals surface area (Å²) in [4.78, 5) is 23.6. The zero-order valence-corrected chi connectivity index (χ0v) is 10.8. The number of nitrogens with zero attached hydrogens (tertiary/aromatic N) is 1. The highest BCUT2D eigenvalue weighted by molar-refractivity contribution is 5.76. The summed E-state index contributed by atoms with van der Waals surface area (Å²) >= 11 is 0. The van der Waals surface area contributed by atoms with Gasteiger partial charge < -0.3 is 9.69 Å². The Balaban J connectivity index is -0.000000529. The SMILES string of the molecule is C.CC.CCCC(=O)N(C)CCCC(C)=O. The lowest BCUT2D eigenvalue weighted by Crippen LogP contribution is -2.27. The fourth-order valence-corrected chi connectivity index (χ4v) is 1.09. The summed E-state index contributed by atoms with van der Waals surface area (Å²) in [5.41, 5.74) is 0. The molecule has 0 aliphatic rings. The first-order valence-corrected chi connectivity index (χ1v) is 5.81. The van der Waals surface area contributed by atoms with Crippen LogP contribution in [0.5, 0.6) is 0 Å². The van der Waals surface area contributed by atoms with Crippen LogP contribution in [0.1, 0.15) is 60.8 Å². The molecular formula is C13H29NO2. The maximum absolute atomic E-state index is 11.3. The lowest BCUT2D eigenvalue weighted by molar-refractivity contribution is -0.130. The van der Waals surface area contributed by atoms with Gasteiger partial charge in [-0.25, -0.2) is 0 Å². The number of hydrogen-bond acceptors (Lipinski definition) is 2. The van der Waals surface area contributed by atoms with Gasteiger partial charge in [0.15, 0.2) is 0 Å². The number of rotatable bonds is 6. The van der Waals surface area contributed by atoms with E-state index in [2.05, 4.69) is 0 Å². The molecule has 1 amide bonds. The molecule has 0 fully saturated rings. The van der Waals surface area contributed by atoms with Gasteiger partial charge in [0, 0.05) is 26.4 Å². The van der Waals surface area contributed by atoms with E-state index in [1.165, 1.54) is 0 Å². The zero-order valence-electron chi connectivity index (χ0n) is 10.8. The molecule has 0 atom stereocenters. The van der Waals surface area contributed by atoms with E-state index in [0.29, 0.717) is 19.4 Å². The fourth-order valence-electron chi connectivity index (χ4n) is 1.09. The van der Waals surface area contributed by atoms with Crippen molar-refractivity contribution in [3.8, 4) is 0 Å². The van der Waals surface area contributed by atoms with Crippen LogP contribution in [-0.2, 0) is 9.59 Å². The molecule has 0 N–H and O–H groups in total. The molecular weight excluding hydrogens is 202 g/mol. The van der Waals surface area contributed by atoms with Crippen LogP contribution in [0.25, 0.3) is 0 Å². The highest BCUT2D eigenvalue weighted by Crippen LogP contribution is 1.98. The minimum absolute atomic E-state index is 0. The molecule has 0 heterocycles. The molecule has 3 nitrogen and oxygen atoms in total. The molecule has 0 radical (unpaired) electrons. The first kappa shape index (κ1) is 20.5. The van der Waals surface area contributed by atoms with E-state index in [-0.39, 0.29) is 19.1 Å². The van der Waals surface area contributed by atoms with Crippen molar-refractivity contribution in [2.75, 3.05) is 13.6 Å². The van der Waals surface area contributed by atoms with Crippen molar-refractivity contribution in [1.82, 2.24) is 4.90 Å². The summed E-state index contributed by atoms with van der Waals surface area (Å²) in [7, 11) is 1.79. The first-order valence-electron chi connectivity index (χ1n) is 5.81. The van der Waals surface area contributed by atoms with Gasteiger partial charge >= 0.3 is 0 Å². The number of carbonyl (C=O) groups excluding carboxylic acids is 2. The molecule has 16 heavy (non-hydrogen) atoms. The summed E-state index contributed by atoms with van der Waals surface area (Å²) < 4.78 is 0. The average Bonchev–Trinajstić information content (AvgIpc) is 2.20. The van der Waals surface area contributed by atoms with E-state index < -0.39 is 0 Å². The minimum Gasteiger partial charge on any atom is -0.346 e. The molecule has 98 valence electrons. The van der Waals surface area contributed by atoms with Crippen molar-refractivity contribution in [2.24, 2.45) is 0 Å². The summed E-state index contributed by atoms with van der Waals surface area (Å²) in [5, 5.41) is 0. The van der Waals surface area contributed by atoms with Crippen molar-refractivity contribution in [3.05, 3.63) is 0 Å². The molecule has 0 bridgehead atoms. The van der Waals surface area contributed by atoms with Crippen molar-refractivity contribution in [3.63, 3.8) is 0 Å². The molecule has 0 spiro atoms.